The van der Waals surface area contributed by atoms with Crippen molar-refractivity contribution in [3.8, 4) is 22.6 Å². The first kappa shape index (κ1) is 25.0. The molecular weight excluding hydrogens is 476 g/mol. The lowest BCUT2D eigenvalue weighted by molar-refractivity contribution is -0.138. The van der Waals surface area contributed by atoms with Crippen LogP contribution in [0.25, 0.3) is 22.2 Å². The van der Waals surface area contributed by atoms with Gasteiger partial charge in [0.1, 0.15) is 23.1 Å². The van der Waals surface area contributed by atoms with E-state index in [1.165, 1.54) is 24.7 Å². The Morgan fingerprint density at radius 2 is 2.03 bits per heavy atom. The van der Waals surface area contributed by atoms with Crippen LogP contribution in [0.4, 0.5) is 0 Å². The molecule has 0 radical (unpaired) electrons. The van der Waals surface area contributed by atoms with Crippen LogP contribution in [0, 0.1) is 12.8 Å². The number of likely N-dealkylation sites (tertiary alicyclic amines) is 1. The van der Waals surface area contributed by atoms with Crippen molar-refractivity contribution in [2.75, 3.05) is 26.8 Å². The van der Waals surface area contributed by atoms with E-state index >= 15 is 0 Å². The number of carbonyl (C=O) groups excluding carboxylic acids is 2. The standard InChI is InChI=1S/C27H32N4O6/c1-14-23(26(34)30-20-11-31(12-21(20)33)27(35)15(2)32)25-24(29-14)18(8-9-28-25)19-10-17(36-3)6-7-22(19)37-13-16-4-5-16/h6-10,15-16,20-21,29,32-33H,4-5,11-13H2,1-3H3,(H,30,34)/t15-,20+,21+/m0/s1. The first-order valence-corrected chi connectivity index (χ1v) is 12.5. The van der Waals surface area contributed by atoms with E-state index in [9.17, 15) is 19.8 Å². The summed E-state index contributed by atoms with van der Waals surface area (Å²) in [7, 11) is 1.61. The molecule has 0 unspecified atom stereocenters. The van der Waals surface area contributed by atoms with E-state index in [0.29, 0.717) is 40.6 Å². The third-order valence-electron chi connectivity index (χ3n) is 7.03. The summed E-state index contributed by atoms with van der Waals surface area (Å²) in [6.07, 6.45) is 1.90. The van der Waals surface area contributed by atoms with Gasteiger partial charge in [-0.25, -0.2) is 0 Å². The number of amides is 2. The van der Waals surface area contributed by atoms with Gasteiger partial charge in [0.25, 0.3) is 11.8 Å². The van der Waals surface area contributed by atoms with Crippen LogP contribution in [0.5, 0.6) is 11.5 Å². The minimum Gasteiger partial charge on any atom is -0.497 e. The van der Waals surface area contributed by atoms with Crippen molar-refractivity contribution in [1.82, 2.24) is 20.2 Å². The number of rotatable bonds is 8. The lowest BCUT2D eigenvalue weighted by atomic mass is 10.0. The summed E-state index contributed by atoms with van der Waals surface area (Å²) in [4.78, 5) is 34.7. The highest BCUT2D eigenvalue weighted by Crippen LogP contribution is 2.39. The number of H-pyrrole nitrogens is 1. The van der Waals surface area contributed by atoms with Crippen molar-refractivity contribution in [3.63, 3.8) is 0 Å². The molecular formula is C27H32N4O6. The Morgan fingerprint density at radius 1 is 1.24 bits per heavy atom. The molecule has 2 fully saturated rings. The molecule has 3 heterocycles. The van der Waals surface area contributed by atoms with Crippen molar-refractivity contribution in [2.45, 2.75) is 44.9 Å². The molecule has 2 amide bonds. The van der Waals surface area contributed by atoms with Crippen LogP contribution in [0.2, 0.25) is 0 Å². The molecule has 4 N–H and O–H groups in total. The van der Waals surface area contributed by atoms with Gasteiger partial charge in [0.2, 0.25) is 0 Å². The molecule has 1 aliphatic carbocycles. The van der Waals surface area contributed by atoms with Crippen LogP contribution >= 0.6 is 0 Å². The molecule has 3 aromatic rings. The normalized spacial score (nSPS) is 20.2. The third kappa shape index (κ3) is 4.99. The lowest BCUT2D eigenvalue weighted by Crippen LogP contribution is -2.43. The Bertz CT molecular complexity index is 1330. The number of aliphatic hydroxyl groups excluding tert-OH is 2. The van der Waals surface area contributed by atoms with Crippen molar-refractivity contribution in [3.05, 3.63) is 41.7 Å². The smallest absolute Gasteiger partial charge is 0.255 e. The van der Waals surface area contributed by atoms with Crippen molar-refractivity contribution >= 4 is 22.8 Å². The fraction of sp³-hybridized carbons (Fsp3) is 0.444. The molecule has 5 rings (SSSR count). The minimum atomic E-state index is -1.17. The topological polar surface area (TPSA) is 137 Å². The summed E-state index contributed by atoms with van der Waals surface area (Å²) in [5.41, 5.74) is 3.83. The van der Waals surface area contributed by atoms with Gasteiger partial charge in [-0.05, 0) is 56.9 Å². The highest BCUT2D eigenvalue weighted by molar-refractivity contribution is 6.10. The van der Waals surface area contributed by atoms with Gasteiger partial charge in [-0.2, -0.15) is 0 Å². The molecule has 37 heavy (non-hydrogen) atoms. The van der Waals surface area contributed by atoms with Gasteiger partial charge >= 0.3 is 0 Å². The number of aromatic amines is 1. The number of benzene rings is 1. The summed E-state index contributed by atoms with van der Waals surface area (Å²) >= 11 is 0. The highest BCUT2D eigenvalue weighted by atomic mass is 16.5. The molecule has 3 atom stereocenters. The van der Waals surface area contributed by atoms with Gasteiger partial charge in [0.15, 0.2) is 0 Å². The molecule has 2 aliphatic rings. The molecule has 1 saturated carbocycles. The number of hydrogen-bond donors (Lipinski definition) is 4. The Balaban J connectivity index is 1.45. The minimum absolute atomic E-state index is 0.0451. The Morgan fingerprint density at radius 3 is 2.73 bits per heavy atom. The zero-order valence-corrected chi connectivity index (χ0v) is 21.2. The molecule has 2 aromatic heterocycles. The van der Waals surface area contributed by atoms with Crippen LogP contribution in [0.1, 0.15) is 35.8 Å². The number of nitrogens with zero attached hydrogens (tertiary/aromatic N) is 2. The van der Waals surface area contributed by atoms with E-state index in [1.807, 2.05) is 24.3 Å². The highest BCUT2D eigenvalue weighted by Gasteiger charge is 2.37. The second-order valence-electron chi connectivity index (χ2n) is 9.89. The third-order valence-corrected chi connectivity index (χ3v) is 7.03. The van der Waals surface area contributed by atoms with Gasteiger partial charge in [0, 0.05) is 36.1 Å². The lowest BCUT2D eigenvalue weighted by Gasteiger charge is -2.18. The molecule has 1 aliphatic heterocycles. The van der Waals surface area contributed by atoms with Crippen LogP contribution in [0.3, 0.4) is 0 Å². The Kier molecular flexibility index (Phi) is 6.78. The maximum atomic E-state index is 13.4. The number of carbonyl (C=O) groups is 2. The number of aliphatic hydroxyl groups is 2. The van der Waals surface area contributed by atoms with Crippen molar-refractivity contribution in [1.29, 1.82) is 0 Å². The van der Waals surface area contributed by atoms with Gasteiger partial charge in [-0.15, -0.1) is 0 Å². The van der Waals surface area contributed by atoms with Gasteiger partial charge < -0.3 is 34.9 Å². The van der Waals surface area contributed by atoms with Gasteiger partial charge in [0.05, 0.1) is 36.9 Å². The number of nitrogens with one attached hydrogen (secondary N) is 2. The molecule has 0 spiro atoms. The van der Waals surface area contributed by atoms with Gasteiger partial charge in [-0.3, -0.25) is 14.6 Å². The first-order chi connectivity index (χ1) is 17.8. The quantitative estimate of drug-likeness (QED) is 0.365. The van der Waals surface area contributed by atoms with Crippen LogP contribution in [-0.4, -0.2) is 82.0 Å². The predicted octanol–water partition coefficient (Wildman–Crippen LogP) is 2.02. The zero-order chi connectivity index (χ0) is 26.3. The maximum Gasteiger partial charge on any atom is 0.255 e. The second-order valence-corrected chi connectivity index (χ2v) is 9.89. The van der Waals surface area contributed by atoms with E-state index in [2.05, 4.69) is 15.3 Å². The summed E-state index contributed by atoms with van der Waals surface area (Å²) in [6, 6.07) is 6.88. The van der Waals surface area contributed by atoms with E-state index in [0.717, 1.165) is 16.9 Å². The molecule has 10 nitrogen and oxygen atoms in total. The first-order valence-electron chi connectivity index (χ1n) is 12.5. The summed E-state index contributed by atoms with van der Waals surface area (Å²) < 4.78 is 11.6. The fourth-order valence-corrected chi connectivity index (χ4v) is 4.79. The number of β-amino-alcohol motifs (C(OH)–C–C–N with tert-alkyl or cyclic N) is 1. The zero-order valence-electron chi connectivity index (χ0n) is 21.2. The maximum absolute atomic E-state index is 13.4. The number of fused-ring (bicyclic) bond motifs is 1. The molecule has 196 valence electrons. The van der Waals surface area contributed by atoms with Crippen molar-refractivity contribution in [2.24, 2.45) is 5.92 Å². The number of methoxy groups -OCH3 is 1. The number of aryl methyl sites for hydroxylation is 1. The number of aromatic nitrogens is 2. The van der Waals surface area contributed by atoms with Gasteiger partial charge in [-0.1, -0.05) is 0 Å². The molecule has 1 saturated heterocycles. The van der Waals surface area contributed by atoms with Crippen LogP contribution < -0.4 is 14.8 Å². The number of ether oxygens (including phenoxy) is 2. The summed E-state index contributed by atoms with van der Waals surface area (Å²) in [6.45, 7) is 3.99. The summed E-state index contributed by atoms with van der Waals surface area (Å²) in [5, 5.41) is 22.9. The predicted molar refractivity (Wildman–Crippen MR) is 137 cm³/mol. The molecule has 10 heteroatoms. The van der Waals surface area contributed by atoms with E-state index in [-0.39, 0.29) is 13.1 Å². The van der Waals surface area contributed by atoms with Crippen molar-refractivity contribution < 1.29 is 29.3 Å². The van der Waals surface area contributed by atoms with E-state index < -0.39 is 30.1 Å². The average molecular weight is 509 g/mol. The van der Waals surface area contributed by atoms with E-state index in [1.54, 1.807) is 20.2 Å². The summed E-state index contributed by atoms with van der Waals surface area (Å²) in [5.74, 6) is 1.12. The fourth-order valence-electron chi connectivity index (χ4n) is 4.79. The Labute approximate surface area is 214 Å². The molecule has 1 aromatic carbocycles. The number of hydrogen-bond acceptors (Lipinski definition) is 7. The monoisotopic (exact) mass is 508 g/mol. The Hall–Kier alpha value is -3.63. The van der Waals surface area contributed by atoms with E-state index in [4.69, 9.17) is 9.47 Å². The molecule has 0 bridgehead atoms. The largest absolute Gasteiger partial charge is 0.497 e. The second kappa shape index (κ2) is 10.0. The van der Waals surface area contributed by atoms with Crippen LogP contribution in [-0.2, 0) is 4.79 Å². The average Bonchev–Trinajstić information content (AvgIpc) is 3.55. The SMILES string of the molecule is COc1ccc(OCC2CC2)c(-c2ccnc3c(C(=O)N[C@@H]4CN(C(=O)[C@H](C)O)C[C@H]4O)c(C)[nH]c23)c1. The van der Waals surface area contributed by atoms with Crippen LogP contribution in [0.15, 0.2) is 30.5 Å². The number of pyridine rings is 1.